The van der Waals surface area contributed by atoms with Gasteiger partial charge in [-0.05, 0) is 56.3 Å². The van der Waals surface area contributed by atoms with E-state index in [1.807, 2.05) is 0 Å². The molecule has 166 valence electrons. The molecule has 0 radical (unpaired) electrons. The van der Waals surface area contributed by atoms with Crippen molar-refractivity contribution in [2.75, 3.05) is 33.3 Å². The van der Waals surface area contributed by atoms with Crippen molar-refractivity contribution in [2.45, 2.75) is 19.9 Å². The highest BCUT2D eigenvalue weighted by atomic mass is 16.5. The molecule has 0 aromatic heterocycles. The zero-order chi connectivity index (χ0) is 23.0. The number of carbonyl (C=O) groups excluding carboxylic acids is 4. The first-order valence-corrected chi connectivity index (χ1v) is 10.6. The Morgan fingerprint density at radius 2 is 1.28 bits per heavy atom. The predicted octanol–water partition coefficient (Wildman–Crippen LogP) is 2.30. The summed E-state index contributed by atoms with van der Waals surface area (Å²) in [7, 11) is 1.57. The lowest BCUT2D eigenvalue weighted by atomic mass is 10.0. The molecule has 0 atom stereocenters. The van der Waals surface area contributed by atoms with Crippen LogP contribution in [0.2, 0.25) is 0 Å². The van der Waals surface area contributed by atoms with Gasteiger partial charge in [-0.25, -0.2) is 0 Å². The number of imide groups is 1. The molecule has 0 aliphatic carbocycles. The van der Waals surface area contributed by atoms with Gasteiger partial charge in [0.25, 0.3) is 23.6 Å². The van der Waals surface area contributed by atoms with Crippen LogP contribution in [0, 0.1) is 0 Å². The smallest absolute Gasteiger partial charge is 0.261 e. The van der Waals surface area contributed by atoms with E-state index in [9.17, 15) is 19.2 Å². The number of hydrogen-bond acceptors (Lipinski definition) is 5. The van der Waals surface area contributed by atoms with E-state index in [0.29, 0.717) is 48.6 Å². The minimum absolute atomic E-state index is 0.0878. The molecule has 2 aromatic rings. The van der Waals surface area contributed by atoms with E-state index in [-0.39, 0.29) is 35.2 Å². The fourth-order valence-corrected chi connectivity index (χ4v) is 4.07. The summed E-state index contributed by atoms with van der Waals surface area (Å²) in [6, 6.07) is 11.3. The summed E-state index contributed by atoms with van der Waals surface area (Å²) in [5.41, 5.74) is 1.53. The number of fused-ring (bicyclic) bond motifs is 1. The van der Waals surface area contributed by atoms with Crippen molar-refractivity contribution >= 4 is 23.6 Å². The van der Waals surface area contributed by atoms with Gasteiger partial charge in [0, 0.05) is 43.3 Å². The first-order valence-electron chi connectivity index (χ1n) is 10.6. The number of nitrogens with zero attached hydrogens (tertiary/aromatic N) is 3. The minimum atomic E-state index is -0.371. The standard InChI is InChI=1S/C24H25N3O5/c1-15(2)27-23(30)19-9-6-17(14-20(19)24(27)31)22(29)26-12-10-25(11-13-26)21(28)16-4-7-18(32-3)8-5-16/h4-9,14-15H,10-13H2,1-3H3. The molecule has 0 unspecified atom stereocenters. The van der Waals surface area contributed by atoms with Crippen LogP contribution in [0.25, 0.3) is 0 Å². The van der Waals surface area contributed by atoms with Gasteiger partial charge in [-0.15, -0.1) is 0 Å². The summed E-state index contributed by atoms with van der Waals surface area (Å²) in [5.74, 6) is -0.319. The number of amides is 4. The molecule has 1 saturated heterocycles. The van der Waals surface area contributed by atoms with E-state index in [1.165, 1.54) is 11.0 Å². The lowest BCUT2D eigenvalue weighted by Gasteiger charge is -2.35. The average Bonchev–Trinajstić information content (AvgIpc) is 3.07. The molecule has 0 spiro atoms. The molecule has 2 aliphatic heterocycles. The van der Waals surface area contributed by atoms with E-state index in [2.05, 4.69) is 0 Å². The number of hydrogen-bond donors (Lipinski definition) is 0. The Kier molecular flexibility index (Phi) is 5.69. The fourth-order valence-electron chi connectivity index (χ4n) is 4.07. The highest BCUT2D eigenvalue weighted by Crippen LogP contribution is 2.26. The van der Waals surface area contributed by atoms with Gasteiger partial charge in [0.05, 0.1) is 18.2 Å². The van der Waals surface area contributed by atoms with Gasteiger partial charge in [0.15, 0.2) is 0 Å². The van der Waals surface area contributed by atoms with Crippen LogP contribution in [-0.2, 0) is 0 Å². The molecule has 0 N–H and O–H groups in total. The summed E-state index contributed by atoms with van der Waals surface area (Å²) >= 11 is 0. The maximum atomic E-state index is 13.0. The van der Waals surface area contributed by atoms with Crippen LogP contribution in [0.15, 0.2) is 42.5 Å². The molecule has 1 fully saturated rings. The fraction of sp³-hybridized carbons (Fsp3) is 0.333. The molecule has 4 amide bonds. The Bertz CT molecular complexity index is 1090. The van der Waals surface area contributed by atoms with Crippen LogP contribution in [0.5, 0.6) is 5.75 Å². The van der Waals surface area contributed by atoms with E-state index >= 15 is 0 Å². The highest BCUT2D eigenvalue weighted by molar-refractivity contribution is 6.22. The summed E-state index contributed by atoms with van der Waals surface area (Å²) in [4.78, 5) is 55.4. The van der Waals surface area contributed by atoms with Gasteiger partial charge in [-0.1, -0.05) is 0 Å². The van der Waals surface area contributed by atoms with Crippen molar-refractivity contribution in [3.8, 4) is 5.75 Å². The zero-order valence-electron chi connectivity index (χ0n) is 18.3. The number of piperazine rings is 1. The van der Waals surface area contributed by atoms with Gasteiger partial charge in [0.1, 0.15) is 5.75 Å². The lowest BCUT2D eigenvalue weighted by Crippen LogP contribution is -2.50. The van der Waals surface area contributed by atoms with Crippen LogP contribution < -0.4 is 4.74 Å². The second kappa shape index (κ2) is 8.45. The van der Waals surface area contributed by atoms with Crippen LogP contribution in [0.1, 0.15) is 55.3 Å². The predicted molar refractivity (Wildman–Crippen MR) is 117 cm³/mol. The number of methoxy groups -OCH3 is 1. The molecule has 4 rings (SSSR count). The summed E-state index contributed by atoms with van der Waals surface area (Å²) in [6.07, 6.45) is 0. The van der Waals surface area contributed by atoms with Gasteiger partial charge >= 0.3 is 0 Å². The van der Waals surface area contributed by atoms with Crippen LogP contribution in [-0.4, -0.2) is 77.7 Å². The molecule has 0 saturated carbocycles. The van der Waals surface area contributed by atoms with Crippen LogP contribution >= 0.6 is 0 Å². The number of benzene rings is 2. The largest absolute Gasteiger partial charge is 0.497 e. The first-order chi connectivity index (χ1) is 15.3. The molecule has 2 heterocycles. The van der Waals surface area contributed by atoms with E-state index in [1.54, 1.807) is 67.2 Å². The van der Waals surface area contributed by atoms with Crippen molar-refractivity contribution in [2.24, 2.45) is 0 Å². The number of ether oxygens (including phenoxy) is 1. The summed E-state index contributed by atoms with van der Waals surface area (Å²) in [5, 5.41) is 0. The van der Waals surface area contributed by atoms with Crippen LogP contribution in [0.4, 0.5) is 0 Å². The Labute approximate surface area is 186 Å². The van der Waals surface area contributed by atoms with Crippen molar-refractivity contribution in [3.05, 3.63) is 64.7 Å². The summed E-state index contributed by atoms with van der Waals surface area (Å²) in [6.45, 7) is 5.17. The van der Waals surface area contributed by atoms with E-state index in [4.69, 9.17) is 4.74 Å². The molecular weight excluding hydrogens is 410 g/mol. The van der Waals surface area contributed by atoms with E-state index in [0.717, 1.165) is 0 Å². The molecule has 0 bridgehead atoms. The van der Waals surface area contributed by atoms with Crippen molar-refractivity contribution in [1.29, 1.82) is 0 Å². The SMILES string of the molecule is COc1ccc(C(=O)N2CCN(C(=O)c3ccc4c(c3)C(=O)N(C(C)C)C4=O)CC2)cc1. The highest BCUT2D eigenvalue weighted by Gasteiger charge is 2.38. The van der Waals surface area contributed by atoms with Crippen molar-refractivity contribution in [1.82, 2.24) is 14.7 Å². The van der Waals surface area contributed by atoms with Gasteiger partial charge < -0.3 is 14.5 Å². The molecule has 2 aliphatic rings. The Hall–Kier alpha value is -3.68. The number of rotatable bonds is 4. The Morgan fingerprint density at radius 1 is 0.781 bits per heavy atom. The second-order valence-electron chi connectivity index (χ2n) is 8.15. The van der Waals surface area contributed by atoms with E-state index < -0.39 is 0 Å². The third-order valence-corrected chi connectivity index (χ3v) is 5.87. The maximum Gasteiger partial charge on any atom is 0.261 e. The normalized spacial score (nSPS) is 15.9. The molecule has 8 heteroatoms. The second-order valence-corrected chi connectivity index (χ2v) is 8.15. The third-order valence-electron chi connectivity index (χ3n) is 5.87. The topological polar surface area (TPSA) is 87.2 Å². The lowest BCUT2D eigenvalue weighted by molar-refractivity contribution is 0.0535. The average molecular weight is 435 g/mol. The monoisotopic (exact) mass is 435 g/mol. The third kappa shape index (κ3) is 3.72. The Balaban J connectivity index is 1.43. The molecule has 32 heavy (non-hydrogen) atoms. The van der Waals surface area contributed by atoms with Crippen molar-refractivity contribution < 1.29 is 23.9 Å². The van der Waals surface area contributed by atoms with Crippen LogP contribution in [0.3, 0.4) is 0 Å². The van der Waals surface area contributed by atoms with Crippen molar-refractivity contribution in [3.63, 3.8) is 0 Å². The molecular formula is C24H25N3O5. The summed E-state index contributed by atoms with van der Waals surface area (Å²) < 4.78 is 5.12. The molecule has 8 nitrogen and oxygen atoms in total. The Morgan fingerprint density at radius 3 is 1.81 bits per heavy atom. The van der Waals surface area contributed by atoms with Gasteiger partial charge in [-0.2, -0.15) is 0 Å². The number of carbonyl (C=O) groups is 4. The zero-order valence-corrected chi connectivity index (χ0v) is 18.3. The minimum Gasteiger partial charge on any atom is -0.497 e. The molecule has 2 aromatic carbocycles. The first kappa shape index (κ1) is 21.5. The quantitative estimate of drug-likeness (QED) is 0.688. The van der Waals surface area contributed by atoms with Gasteiger partial charge in [0.2, 0.25) is 0 Å². The maximum absolute atomic E-state index is 13.0. The van der Waals surface area contributed by atoms with Gasteiger partial charge in [-0.3, -0.25) is 24.1 Å².